The van der Waals surface area contributed by atoms with Crippen molar-refractivity contribution in [2.45, 2.75) is 0 Å². The average Bonchev–Trinajstić information content (AvgIpc) is 2.82. The minimum absolute atomic E-state index is 0. The Kier molecular flexibility index (Phi) is 9.27. The van der Waals surface area contributed by atoms with Crippen LogP contribution in [0, 0.1) is 0 Å². The third kappa shape index (κ3) is 5.88. The molecule has 1 aromatic rings. The molecule has 5 nitrogen and oxygen atoms in total. The lowest BCUT2D eigenvalue weighted by molar-refractivity contribution is -0.122. The second kappa shape index (κ2) is 10.4. The van der Waals surface area contributed by atoms with E-state index >= 15 is 0 Å². The van der Waals surface area contributed by atoms with Crippen LogP contribution in [0.5, 0.6) is 0 Å². The summed E-state index contributed by atoms with van der Waals surface area (Å²) in [7, 11) is 0. The van der Waals surface area contributed by atoms with Gasteiger partial charge in [-0.2, -0.15) is 0 Å². The maximum atomic E-state index is 12.4. The fraction of sp³-hybridized carbons (Fsp3) is 0.375. The number of hydrogen-bond donors (Lipinski definition) is 1. The topological polar surface area (TPSA) is 52.7 Å². The first kappa shape index (κ1) is 22.3. The van der Waals surface area contributed by atoms with E-state index in [2.05, 4.69) is 10.2 Å². The Morgan fingerprint density at radius 3 is 2.36 bits per heavy atom. The van der Waals surface area contributed by atoms with Crippen LogP contribution in [0.4, 0.5) is 4.79 Å². The minimum atomic E-state index is -0.204. The number of rotatable bonds is 4. The van der Waals surface area contributed by atoms with E-state index in [9.17, 15) is 9.59 Å². The van der Waals surface area contributed by atoms with Crippen LogP contribution >= 0.6 is 48.2 Å². The molecule has 138 valence electrons. The smallest absolute Gasteiger partial charge is 0.293 e. The van der Waals surface area contributed by atoms with Crippen molar-refractivity contribution in [1.82, 2.24) is 15.1 Å². The number of nitrogens with zero attached hydrogens (tertiary/aromatic N) is 2. The molecular formula is C16H20Cl3N3O2S. The third-order valence-corrected chi connectivity index (χ3v) is 5.05. The monoisotopic (exact) mass is 423 g/mol. The van der Waals surface area contributed by atoms with Gasteiger partial charge in [0.05, 0.1) is 4.91 Å². The van der Waals surface area contributed by atoms with Gasteiger partial charge >= 0.3 is 0 Å². The van der Waals surface area contributed by atoms with E-state index in [4.69, 9.17) is 11.6 Å². The molecule has 9 heteroatoms. The summed E-state index contributed by atoms with van der Waals surface area (Å²) in [6.45, 7) is 5.00. The summed E-state index contributed by atoms with van der Waals surface area (Å²) in [5, 5.41) is 3.74. The van der Waals surface area contributed by atoms with Gasteiger partial charge in [0.15, 0.2) is 0 Å². The van der Waals surface area contributed by atoms with Crippen molar-refractivity contribution in [2.75, 3.05) is 39.3 Å². The van der Waals surface area contributed by atoms with Crippen LogP contribution in [-0.4, -0.2) is 60.2 Å². The molecule has 2 aliphatic rings. The Labute approximate surface area is 169 Å². The first-order valence-electron chi connectivity index (χ1n) is 7.57. The molecule has 3 rings (SSSR count). The van der Waals surface area contributed by atoms with Gasteiger partial charge in [0.2, 0.25) is 0 Å². The van der Waals surface area contributed by atoms with Gasteiger partial charge in [0, 0.05) is 44.3 Å². The van der Waals surface area contributed by atoms with Crippen LogP contribution < -0.4 is 5.32 Å². The highest BCUT2D eigenvalue weighted by Gasteiger charge is 2.34. The molecule has 0 saturated carbocycles. The first-order chi connectivity index (χ1) is 11.1. The lowest BCUT2D eigenvalue weighted by atomic mass is 10.2. The van der Waals surface area contributed by atoms with E-state index in [1.54, 1.807) is 18.2 Å². The normalized spacial score (nSPS) is 19.7. The van der Waals surface area contributed by atoms with Gasteiger partial charge in [-0.25, -0.2) is 0 Å². The largest absolute Gasteiger partial charge is 0.314 e. The number of benzene rings is 1. The van der Waals surface area contributed by atoms with Gasteiger partial charge < -0.3 is 5.32 Å². The summed E-state index contributed by atoms with van der Waals surface area (Å²) >= 11 is 6.86. The van der Waals surface area contributed by atoms with Gasteiger partial charge in [-0.05, 0) is 35.5 Å². The number of carbonyl (C=O) groups excluding carboxylic acids is 2. The number of imide groups is 1. The highest BCUT2D eigenvalue weighted by molar-refractivity contribution is 8.18. The van der Waals surface area contributed by atoms with Gasteiger partial charge in [-0.15, -0.1) is 24.8 Å². The number of nitrogens with one attached hydrogen (secondary N) is 1. The Morgan fingerprint density at radius 1 is 1.08 bits per heavy atom. The predicted octanol–water partition coefficient (Wildman–Crippen LogP) is 3.13. The zero-order chi connectivity index (χ0) is 16.2. The van der Waals surface area contributed by atoms with E-state index in [0.29, 0.717) is 16.5 Å². The van der Waals surface area contributed by atoms with Crippen LogP contribution in [0.15, 0.2) is 29.2 Å². The summed E-state index contributed by atoms with van der Waals surface area (Å²) in [6.07, 6.45) is 1.74. The van der Waals surface area contributed by atoms with Crippen molar-refractivity contribution in [2.24, 2.45) is 0 Å². The van der Waals surface area contributed by atoms with Gasteiger partial charge in [0.25, 0.3) is 11.1 Å². The molecule has 2 heterocycles. The number of halogens is 3. The Balaban J connectivity index is 0.00000156. The molecule has 2 aliphatic heterocycles. The molecule has 0 aliphatic carbocycles. The van der Waals surface area contributed by atoms with Crippen molar-refractivity contribution < 1.29 is 9.59 Å². The summed E-state index contributed by atoms with van der Waals surface area (Å²) in [5.41, 5.74) is 0.863. The second-order valence-electron chi connectivity index (χ2n) is 5.48. The number of hydrogen-bond acceptors (Lipinski definition) is 5. The predicted molar refractivity (Wildman–Crippen MR) is 108 cm³/mol. The molecular weight excluding hydrogens is 405 g/mol. The number of thioether (sulfide) groups is 1. The first-order valence-corrected chi connectivity index (χ1v) is 8.77. The SMILES string of the molecule is Cl.Cl.O=C1SC(=Cc2ccc(Cl)cc2)C(=O)N1CCN1CCNCC1. The summed E-state index contributed by atoms with van der Waals surface area (Å²) in [5.74, 6) is -0.204. The standard InChI is InChI=1S/C16H18ClN3O2S.2ClH/c17-13-3-1-12(2-4-13)11-14-15(21)20(16(22)23-14)10-9-19-7-5-18-6-8-19;;/h1-4,11,18H,5-10H2;2*1H. The Hall–Kier alpha value is -0.760. The highest BCUT2D eigenvalue weighted by atomic mass is 35.5. The second-order valence-corrected chi connectivity index (χ2v) is 6.91. The molecule has 0 bridgehead atoms. The lowest BCUT2D eigenvalue weighted by Gasteiger charge is -2.28. The molecule has 2 amide bonds. The average molecular weight is 425 g/mol. The number of piperazine rings is 1. The zero-order valence-corrected chi connectivity index (χ0v) is 16.6. The highest BCUT2D eigenvalue weighted by Crippen LogP contribution is 2.32. The lowest BCUT2D eigenvalue weighted by Crippen LogP contribution is -2.46. The van der Waals surface area contributed by atoms with Crippen LogP contribution in [0.2, 0.25) is 5.02 Å². The van der Waals surface area contributed by atoms with Crippen molar-refractivity contribution in [1.29, 1.82) is 0 Å². The fourth-order valence-corrected chi connectivity index (χ4v) is 3.57. The van der Waals surface area contributed by atoms with Crippen LogP contribution in [0.1, 0.15) is 5.56 Å². The molecule has 0 spiro atoms. The molecule has 1 N–H and O–H groups in total. The molecule has 0 radical (unpaired) electrons. The van der Waals surface area contributed by atoms with Crippen molar-refractivity contribution in [3.63, 3.8) is 0 Å². The van der Waals surface area contributed by atoms with Gasteiger partial charge in [-0.3, -0.25) is 19.4 Å². The molecule has 2 fully saturated rings. The molecule has 1 aromatic carbocycles. The number of amides is 2. The summed E-state index contributed by atoms with van der Waals surface area (Å²) in [6, 6.07) is 7.19. The zero-order valence-electron chi connectivity index (χ0n) is 13.4. The van der Waals surface area contributed by atoms with E-state index in [1.807, 2.05) is 12.1 Å². The van der Waals surface area contributed by atoms with Gasteiger partial charge in [-0.1, -0.05) is 23.7 Å². The minimum Gasteiger partial charge on any atom is -0.314 e. The summed E-state index contributed by atoms with van der Waals surface area (Å²) in [4.78, 5) is 28.6. The van der Waals surface area contributed by atoms with E-state index in [-0.39, 0.29) is 36.0 Å². The van der Waals surface area contributed by atoms with Crippen molar-refractivity contribution in [3.8, 4) is 0 Å². The molecule has 0 atom stereocenters. The molecule has 25 heavy (non-hydrogen) atoms. The van der Waals surface area contributed by atoms with Crippen molar-refractivity contribution in [3.05, 3.63) is 39.8 Å². The maximum Gasteiger partial charge on any atom is 0.293 e. The van der Waals surface area contributed by atoms with E-state index in [0.717, 1.165) is 50.0 Å². The fourth-order valence-electron chi connectivity index (χ4n) is 2.58. The summed E-state index contributed by atoms with van der Waals surface area (Å²) < 4.78 is 0. The molecule has 2 saturated heterocycles. The van der Waals surface area contributed by atoms with Crippen LogP contribution in [0.3, 0.4) is 0 Å². The van der Waals surface area contributed by atoms with E-state index in [1.165, 1.54) is 4.90 Å². The maximum absolute atomic E-state index is 12.4. The third-order valence-electron chi connectivity index (χ3n) is 3.89. The van der Waals surface area contributed by atoms with Crippen LogP contribution in [-0.2, 0) is 4.79 Å². The Bertz CT molecular complexity index is 634. The van der Waals surface area contributed by atoms with Gasteiger partial charge in [0.1, 0.15) is 0 Å². The molecule has 0 aromatic heterocycles. The van der Waals surface area contributed by atoms with Crippen molar-refractivity contribution >= 4 is 65.4 Å². The number of carbonyl (C=O) groups is 2. The Morgan fingerprint density at radius 2 is 1.72 bits per heavy atom. The quantitative estimate of drug-likeness (QED) is 0.753. The molecule has 0 unspecified atom stereocenters. The van der Waals surface area contributed by atoms with E-state index < -0.39 is 0 Å². The van der Waals surface area contributed by atoms with Crippen LogP contribution in [0.25, 0.3) is 6.08 Å².